The van der Waals surface area contributed by atoms with E-state index >= 15 is 0 Å². The first kappa shape index (κ1) is 11.6. The molecule has 1 saturated heterocycles. The molecule has 18 heavy (non-hydrogen) atoms. The Morgan fingerprint density at radius 1 is 1.56 bits per heavy atom. The molecular weight excluding hydrogens is 233 g/mol. The fourth-order valence-corrected chi connectivity index (χ4v) is 2.38. The molecule has 3 rings (SSSR count). The van der Waals surface area contributed by atoms with Crippen LogP contribution in [0.25, 0.3) is 11.0 Å². The quantitative estimate of drug-likeness (QED) is 0.870. The molecule has 1 unspecified atom stereocenters. The van der Waals surface area contributed by atoms with E-state index in [1.807, 2.05) is 11.6 Å². The van der Waals surface area contributed by atoms with E-state index in [0.717, 1.165) is 30.9 Å². The minimum Gasteiger partial charge on any atom is -0.379 e. The van der Waals surface area contributed by atoms with Crippen LogP contribution in [0.5, 0.6) is 0 Å². The third-order valence-electron chi connectivity index (χ3n) is 3.36. The van der Waals surface area contributed by atoms with Crippen molar-refractivity contribution in [1.29, 1.82) is 0 Å². The van der Waals surface area contributed by atoms with Crippen molar-refractivity contribution in [2.45, 2.75) is 12.5 Å². The maximum absolute atomic E-state index is 13.2. The number of imidazole rings is 1. The Morgan fingerprint density at radius 3 is 3.22 bits per heavy atom. The zero-order chi connectivity index (χ0) is 12.5. The SMILES string of the molecule is Cn1c(CC2COCCN2)nc2cc(F)ccc21. The van der Waals surface area contributed by atoms with Gasteiger partial charge in [-0.2, -0.15) is 0 Å². The van der Waals surface area contributed by atoms with Crippen molar-refractivity contribution < 1.29 is 9.13 Å². The van der Waals surface area contributed by atoms with Crippen LogP contribution in [0.15, 0.2) is 18.2 Å². The lowest BCUT2D eigenvalue weighted by molar-refractivity contribution is 0.0762. The molecule has 0 spiro atoms. The van der Waals surface area contributed by atoms with Crippen molar-refractivity contribution >= 4 is 11.0 Å². The van der Waals surface area contributed by atoms with Crippen LogP contribution < -0.4 is 5.32 Å². The minimum absolute atomic E-state index is 0.244. The van der Waals surface area contributed by atoms with Gasteiger partial charge in [0.05, 0.1) is 24.2 Å². The second-order valence-corrected chi connectivity index (χ2v) is 4.65. The van der Waals surface area contributed by atoms with Gasteiger partial charge in [-0.15, -0.1) is 0 Å². The molecule has 1 N–H and O–H groups in total. The standard InChI is InChI=1S/C13H16FN3O/c1-17-12-3-2-9(14)6-11(12)16-13(17)7-10-8-18-5-4-15-10/h2-3,6,10,15H,4-5,7-8H2,1H3. The summed E-state index contributed by atoms with van der Waals surface area (Å²) in [6, 6.07) is 5.00. The van der Waals surface area contributed by atoms with Crippen LogP contribution >= 0.6 is 0 Å². The first-order valence-electron chi connectivity index (χ1n) is 6.16. The van der Waals surface area contributed by atoms with Gasteiger partial charge in [-0.1, -0.05) is 0 Å². The lowest BCUT2D eigenvalue weighted by Gasteiger charge is -2.23. The molecule has 1 fully saturated rings. The van der Waals surface area contributed by atoms with Gasteiger partial charge in [0.1, 0.15) is 11.6 Å². The van der Waals surface area contributed by atoms with Gasteiger partial charge in [0.25, 0.3) is 0 Å². The number of rotatable bonds is 2. The summed E-state index contributed by atoms with van der Waals surface area (Å²) >= 11 is 0. The smallest absolute Gasteiger partial charge is 0.125 e. The molecule has 0 amide bonds. The Kier molecular flexibility index (Phi) is 3.01. The van der Waals surface area contributed by atoms with Crippen LogP contribution in [-0.2, 0) is 18.2 Å². The Hall–Kier alpha value is -1.46. The number of benzene rings is 1. The van der Waals surface area contributed by atoms with Gasteiger partial charge < -0.3 is 14.6 Å². The number of nitrogens with one attached hydrogen (secondary N) is 1. The largest absolute Gasteiger partial charge is 0.379 e. The summed E-state index contributed by atoms with van der Waals surface area (Å²) in [6.07, 6.45) is 0.798. The highest BCUT2D eigenvalue weighted by Gasteiger charge is 2.17. The van der Waals surface area contributed by atoms with E-state index in [4.69, 9.17) is 4.74 Å². The average molecular weight is 249 g/mol. The van der Waals surface area contributed by atoms with Gasteiger partial charge in [0, 0.05) is 32.1 Å². The predicted molar refractivity (Wildman–Crippen MR) is 67.0 cm³/mol. The van der Waals surface area contributed by atoms with Gasteiger partial charge in [0.2, 0.25) is 0 Å². The van der Waals surface area contributed by atoms with Crippen LogP contribution in [0, 0.1) is 5.82 Å². The normalized spacial score (nSPS) is 20.4. The van der Waals surface area contributed by atoms with Gasteiger partial charge in [-0.05, 0) is 12.1 Å². The molecule has 2 heterocycles. The molecular formula is C13H16FN3O. The van der Waals surface area contributed by atoms with Crippen molar-refractivity contribution in [2.24, 2.45) is 7.05 Å². The van der Waals surface area contributed by atoms with E-state index in [-0.39, 0.29) is 5.82 Å². The minimum atomic E-state index is -0.244. The Balaban J connectivity index is 1.89. The van der Waals surface area contributed by atoms with Crippen molar-refractivity contribution in [3.63, 3.8) is 0 Å². The van der Waals surface area contributed by atoms with Crippen molar-refractivity contribution in [1.82, 2.24) is 14.9 Å². The summed E-state index contributed by atoms with van der Waals surface area (Å²) in [4.78, 5) is 4.49. The number of ether oxygens (including phenoxy) is 1. The summed E-state index contributed by atoms with van der Waals surface area (Å²) in [5.74, 6) is 0.713. The highest BCUT2D eigenvalue weighted by Crippen LogP contribution is 2.17. The summed E-state index contributed by atoms with van der Waals surface area (Å²) in [6.45, 7) is 2.35. The van der Waals surface area contributed by atoms with Gasteiger partial charge in [-0.25, -0.2) is 9.37 Å². The lowest BCUT2D eigenvalue weighted by Crippen LogP contribution is -2.42. The average Bonchev–Trinajstić information content (AvgIpc) is 2.67. The van der Waals surface area contributed by atoms with Gasteiger partial charge in [0.15, 0.2) is 0 Å². The van der Waals surface area contributed by atoms with Crippen molar-refractivity contribution in [3.05, 3.63) is 29.8 Å². The molecule has 0 radical (unpaired) electrons. The van der Waals surface area contributed by atoms with E-state index in [1.54, 1.807) is 6.07 Å². The Morgan fingerprint density at radius 2 is 2.44 bits per heavy atom. The highest BCUT2D eigenvalue weighted by molar-refractivity contribution is 5.75. The van der Waals surface area contributed by atoms with Gasteiger partial charge in [-0.3, -0.25) is 0 Å². The molecule has 2 aromatic rings. The number of hydrogen-bond donors (Lipinski definition) is 1. The number of hydrogen-bond acceptors (Lipinski definition) is 3. The molecule has 1 aliphatic heterocycles. The van der Waals surface area contributed by atoms with Crippen LogP contribution in [0.4, 0.5) is 4.39 Å². The molecule has 96 valence electrons. The first-order chi connectivity index (χ1) is 8.74. The number of aryl methyl sites for hydroxylation is 1. The molecule has 1 aromatic heterocycles. The molecule has 1 atom stereocenters. The van der Waals surface area contributed by atoms with E-state index in [1.165, 1.54) is 12.1 Å². The summed E-state index contributed by atoms with van der Waals surface area (Å²) < 4.78 is 20.6. The highest BCUT2D eigenvalue weighted by atomic mass is 19.1. The third-order valence-corrected chi connectivity index (χ3v) is 3.36. The third kappa shape index (κ3) is 2.11. The second-order valence-electron chi connectivity index (χ2n) is 4.65. The molecule has 0 aliphatic carbocycles. The second kappa shape index (κ2) is 4.66. The van der Waals surface area contributed by atoms with E-state index in [2.05, 4.69) is 10.3 Å². The summed E-state index contributed by atoms with van der Waals surface area (Å²) in [5.41, 5.74) is 1.67. The summed E-state index contributed by atoms with van der Waals surface area (Å²) in [7, 11) is 1.96. The maximum Gasteiger partial charge on any atom is 0.125 e. The molecule has 4 nitrogen and oxygen atoms in total. The molecule has 1 aromatic carbocycles. The van der Waals surface area contributed by atoms with Crippen LogP contribution in [0.2, 0.25) is 0 Å². The predicted octanol–water partition coefficient (Wildman–Crippen LogP) is 1.24. The fourth-order valence-electron chi connectivity index (χ4n) is 2.38. The number of morpholine rings is 1. The molecule has 5 heteroatoms. The first-order valence-corrected chi connectivity index (χ1v) is 6.16. The molecule has 0 saturated carbocycles. The van der Waals surface area contributed by atoms with Crippen molar-refractivity contribution in [3.8, 4) is 0 Å². The van der Waals surface area contributed by atoms with Gasteiger partial charge >= 0.3 is 0 Å². The Labute approximate surface area is 105 Å². The number of nitrogens with zero attached hydrogens (tertiary/aromatic N) is 2. The van der Waals surface area contributed by atoms with E-state index < -0.39 is 0 Å². The van der Waals surface area contributed by atoms with E-state index in [9.17, 15) is 4.39 Å². The molecule has 1 aliphatic rings. The Bertz CT molecular complexity index is 561. The summed E-state index contributed by atoms with van der Waals surface area (Å²) in [5, 5.41) is 3.40. The topological polar surface area (TPSA) is 39.1 Å². The number of aromatic nitrogens is 2. The van der Waals surface area contributed by atoms with Crippen LogP contribution in [0.1, 0.15) is 5.82 Å². The zero-order valence-electron chi connectivity index (χ0n) is 10.3. The van der Waals surface area contributed by atoms with Crippen molar-refractivity contribution in [2.75, 3.05) is 19.8 Å². The van der Waals surface area contributed by atoms with Crippen LogP contribution in [0.3, 0.4) is 0 Å². The lowest BCUT2D eigenvalue weighted by atomic mass is 10.2. The molecule has 0 bridgehead atoms. The zero-order valence-corrected chi connectivity index (χ0v) is 10.3. The van der Waals surface area contributed by atoms with E-state index in [0.29, 0.717) is 18.2 Å². The maximum atomic E-state index is 13.2. The number of fused-ring (bicyclic) bond motifs is 1. The number of halogens is 1. The monoisotopic (exact) mass is 249 g/mol. The fraction of sp³-hybridized carbons (Fsp3) is 0.462. The van der Waals surface area contributed by atoms with Crippen LogP contribution in [-0.4, -0.2) is 35.4 Å².